The molecular formula is C23H21BrF6N6O. The number of nitrogens with zero attached hydrogens (tertiary/aromatic N) is 5. The van der Waals surface area contributed by atoms with Gasteiger partial charge in [-0.2, -0.15) is 31.1 Å². The first-order chi connectivity index (χ1) is 17.4. The van der Waals surface area contributed by atoms with Crippen LogP contribution in [0.2, 0.25) is 0 Å². The standard InChI is InChI=1S/C23H21BrF6N6O/c1-35-33-21(32-34-35)36(9-12-5-14(22(25,26)27)8-15(6-12)23(28,29)30)18-3-2-4-31-20-16(18)7-13-10-37-11-17(13)19(20)24/h5-8,18,31H,2-4,9-11H2,1H3/t18-/m0/s1. The molecule has 0 radical (unpaired) electrons. The zero-order valence-corrected chi connectivity index (χ0v) is 21.0. The summed E-state index contributed by atoms with van der Waals surface area (Å²) in [6.07, 6.45) is -8.65. The van der Waals surface area contributed by atoms with Crippen LogP contribution in [0.3, 0.4) is 0 Å². The van der Waals surface area contributed by atoms with Crippen LogP contribution in [-0.2, 0) is 43.9 Å². The van der Waals surface area contributed by atoms with Crippen molar-refractivity contribution in [3.63, 3.8) is 0 Å². The van der Waals surface area contributed by atoms with Crippen molar-refractivity contribution < 1.29 is 31.1 Å². The number of aryl methyl sites for hydroxylation is 1. The van der Waals surface area contributed by atoms with Crippen molar-refractivity contribution >= 4 is 27.6 Å². The number of rotatable bonds is 4. The number of benzene rings is 2. The number of nitrogens with one attached hydrogen (secondary N) is 1. The van der Waals surface area contributed by atoms with Crippen LogP contribution in [-0.4, -0.2) is 26.8 Å². The minimum Gasteiger partial charge on any atom is -0.384 e. The predicted molar refractivity (Wildman–Crippen MR) is 125 cm³/mol. The quantitative estimate of drug-likeness (QED) is 0.376. The molecule has 5 rings (SSSR count). The van der Waals surface area contributed by atoms with Gasteiger partial charge < -0.3 is 15.0 Å². The number of aromatic nitrogens is 4. The van der Waals surface area contributed by atoms with E-state index in [0.29, 0.717) is 32.6 Å². The summed E-state index contributed by atoms with van der Waals surface area (Å²) in [7, 11) is 1.53. The molecule has 0 saturated heterocycles. The molecule has 37 heavy (non-hydrogen) atoms. The van der Waals surface area contributed by atoms with Gasteiger partial charge in [-0.05, 0) is 80.5 Å². The van der Waals surface area contributed by atoms with Crippen LogP contribution in [0.15, 0.2) is 28.7 Å². The number of alkyl halides is 6. The summed E-state index contributed by atoms with van der Waals surface area (Å²) in [6, 6.07) is 3.11. The first-order valence-electron chi connectivity index (χ1n) is 11.4. The number of tetrazole rings is 1. The molecule has 198 valence electrons. The highest BCUT2D eigenvalue weighted by atomic mass is 79.9. The Hall–Kier alpha value is -2.87. The van der Waals surface area contributed by atoms with E-state index in [1.807, 2.05) is 6.07 Å². The van der Waals surface area contributed by atoms with Crippen LogP contribution in [0.1, 0.15) is 52.3 Å². The molecule has 1 N–H and O–H groups in total. The number of hydrogen-bond acceptors (Lipinski definition) is 6. The molecule has 0 fully saturated rings. The van der Waals surface area contributed by atoms with Crippen molar-refractivity contribution in [1.29, 1.82) is 0 Å². The summed E-state index contributed by atoms with van der Waals surface area (Å²) in [5, 5.41) is 15.5. The average molecular weight is 591 g/mol. The summed E-state index contributed by atoms with van der Waals surface area (Å²) in [6.45, 7) is 1.18. The number of anilines is 2. The summed E-state index contributed by atoms with van der Waals surface area (Å²) in [5.41, 5.74) is 0.685. The molecule has 2 aromatic carbocycles. The van der Waals surface area contributed by atoms with Crippen LogP contribution in [0.4, 0.5) is 38.0 Å². The highest BCUT2D eigenvalue weighted by Crippen LogP contribution is 2.45. The second kappa shape index (κ2) is 9.46. The molecule has 0 aliphatic carbocycles. The van der Waals surface area contributed by atoms with Gasteiger partial charge in [0.05, 0.1) is 43.1 Å². The number of ether oxygens (including phenoxy) is 1. The van der Waals surface area contributed by atoms with E-state index < -0.39 is 29.5 Å². The molecule has 2 aliphatic heterocycles. The fraction of sp³-hybridized carbons (Fsp3) is 0.435. The molecule has 0 amide bonds. The lowest BCUT2D eigenvalue weighted by Crippen LogP contribution is -2.30. The Labute approximate surface area is 215 Å². The van der Waals surface area contributed by atoms with E-state index in [-0.39, 0.29) is 24.1 Å². The van der Waals surface area contributed by atoms with Gasteiger partial charge in [-0.3, -0.25) is 0 Å². The average Bonchev–Trinajstić information content (AvgIpc) is 3.41. The molecule has 0 saturated carbocycles. The smallest absolute Gasteiger partial charge is 0.384 e. The fourth-order valence-electron chi connectivity index (χ4n) is 4.76. The Balaban J connectivity index is 1.64. The van der Waals surface area contributed by atoms with Crippen LogP contribution in [0.25, 0.3) is 0 Å². The van der Waals surface area contributed by atoms with Gasteiger partial charge in [-0.1, -0.05) is 5.10 Å². The first kappa shape index (κ1) is 25.8. The highest BCUT2D eigenvalue weighted by Gasteiger charge is 2.38. The van der Waals surface area contributed by atoms with Gasteiger partial charge >= 0.3 is 12.4 Å². The number of hydrogen-bond donors (Lipinski definition) is 1. The zero-order valence-electron chi connectivity index (χ0n) is 19.4. The maximum atomic E-state index is 13.5. The molecular weight excluding hydrogens is 570 g/mol. The molecule has 3 aromatic rings. The molecule has 7 nitrogen and oxygen atoms in total. The molecule has 14 heteroatoms. The zero-order chi connectivity index (χ0) is 26.5. The van der Waals surface area contributed by atoms with Crippen molar-refractivity contribution in [3.05, 3.63) is 62.1 Å². The van der Waals surface area contributed by atoms with Gasteiger partial charge in [0.15, 0.2) is 0 Å². The molecule has 2 aliphatic rings. The predicted octanol–water partition coefficient (Wildman–Crippen LogP) is 5.99. The Morgan fingerprint density at radius 3 is 2.41 bits per heavy atom. The molecule has 1 atom stereocenters. The van der Waals surface area contributed by atoms with E-state index in [4.69, 9.17) is 4.74 Å². The first-order valence-corrected chi connectivity index (χ1v) is 12.2. The van der Waals surface area contributed by atoms with Gasteiger partial charge in [-0.25, -0.2) is 0 Å². The maximum absolute atomic E-state index is 13.5. The van der Waals surface area contributed by atoms with Crippen molar-refractivity contribution in [1.82, 2.24) is 20.2 Å². The Morgan fingerprint density at radius 1 is 1.08 bits per heavy atom. The van der Waals surface area contributed by atoms with Gasteiger partial charge in [0.25, 0.3) is 5.95 Å². The van der Waals surface area contributed by atoms with E-state index in [1.165, 1.54) is 11.8 Å². The van der Waals surface area contributed by atoms with E-state index in [1.54, 1.807) is 4.90 Å². The topological polar surface area (TPSA) is 68.1 Å². The van der Waals surface area contributed by atoms with Crippen LogP contribution < -0.4 is 10.2 Å². The molecule has 0 unspecified atom stereocenters. The van der Waals surface area contributed by atoms with Crippen molar-refractivity contribution in [2.45, 2.75) is 51.0 Å². The van der Waals surface area contributed by atoms with Crippen LogP contribution >= 0.6 is 15.9 Å². The van der Waals surface area contributed by atoms with Crippen molar-refractivity contribution in [2.75, 3.05) is 16.8 Å². The third-order valence-electron chi connectivity index (χ3n) is 6.44. The van der Waals surface area contributed by atoms with Gasteiger partial charge in [-0.15, -0.1) is 5.10 Å². The summed E-state index contributed by atoms with van der Waals surface area (Å²) < 4.78 is 87.6. The minimum atomic E-state index is -4.95. The van der Waals surface area contributed by atoms with E-state index in [9.17, 15) is 26.3 Å². The Bertz CT molecular complexity index is 1290. The van der Waals surface area contributed by atoms with Gasteiger partial charge in [0, 0.05) is 17.6 Å². The Kier molecular flexibility index (Phi) is 6.59. The van der Waals surface area contributed by atoms with Gasteiger partial charge in [0.1, 0.15) is 0 Å². The summed E-state index contributed by atoms with van der Waals surface area (Å²) in [5.74, 6) is 0.0965. The van der Waals surface area contributed by atoms with Crippen molar-refractivity contribution in [2.24, 2.45) is 7.05 Å². The molecule has 0 spiro atoms. The lowest BCUT2D eigenvalue weighted by atomic mass is 9.95. The Morgan fingerprint density at radius 2 is 1.78 bits per heavy atom. The maximum Gasteiger partial charge on any atom is 0.416 e. The van der Waals surface area contributed by atoms with E-state index in [0.717, 1.165) is 39.0 Å². The second-order valence-corrected chi connectivity index (χ2v) is 9.78. The normalized spacial score (nSPS) is 17.7. The molecule has 3 heterocycles. The second-order valence-electron chi connectivity index (χ2n) is 8.99. The highest BCUT2D eigenvalue weighted by molar-refractivity contribution is 9.10. The summed E-state index contributed by atoms with van der Waals surface area (Å²) in [4.78, 5) is 2.81. The monoisotopic (exact) mass is 590 g/mol. The summed E-state index contributed by atoms with van der Waals surface area (Å²) >= 11 is 3.66. The van der Waals surface area contributed by atoms with Gasteiger partial charge in [0.2, 0.25) is 0 Å². The van der Waals surface area contributed by atoms with Crippen LogP contribution in [0.5, 0.6) is 0 Å². The van der Waals surface area contributed by atoms with E-state index >= 15 is 0 Å². The van der Waals surface area contributed by atoms with Crippen LogP contribution in [0, 0.1) is 0 Å². The fourth-order valence-corrected chi connectivity index (χ4v) is 5.50. The molecule has 0 bridgehead atoms. The molecule has 1 aromatic heterocycles. The lowest BCUT2D eigenvalue weighted by molar-refractivity contribution is -0.143. The largest absolute Gasteiger partial charge is 0.416 e. The minimum absolute atomic E-state index is 0.0965. The third-order valence-corrected chi connectivity index (χ3v) is 7.32. The lowest BCUT2D eigenvalue weighted by Gasteiger charge is -2.32. The third kappa shape index (κ3) is 5.13. The number of halogens is 7. The SMILES string of the molecule is Cn1nnc(N(Cc2cc(C(F)(F)F)cc(C(F)(F)F)c2)[C@H]2CCCNc3c2cc2c(c3Br)COC2)n1. The van der Waals surface area contributed by atoms with Crippen molar-refractivity contribution in [3.8, 4) is 0 Å². The van der Waals surface area contributed by atoms with E-state index in [2.05, 4.69) is 36.7 Å². The number of fused-ring (bicyclic) bond motifs is 2.